The van der Waals surface area contributed by atoms with Crippen LogP contribution >= 0.6 is 0 Å². The van der Waals surface area contributed by atoms with Crippen molar-refractivity contribution in [3.63, 3.8) is 0 Å². The van der Waals surface area contributed by atoms with Crippen molar-refractivity contribution in [2.24, 2.45) is 5.92 Å². The van der Waals surface area contributed by atoms with Crippen LogP contribution < -0.4 is 14.8 Å². The minimum absolute atomic E-state index is 0.0113. The summed E-state index contributed by atoms with van der Waals surface area (Å²) >= 11 is 0. The molecule has 1 saturated heterocycles. The smallest absolute Gasteiger partial charge is 0.226 e. The van der Waals surface area contributed by atoms with Crippen LogP contribution in [0.25, 0.3) is 0 Å². The lowest BCUT2D eigenvalue weighted by Gasteiger charge is -2.28. The molecule has 1 aliphatic heterocycles. The number of aryl methyl sites for hydroxylation is 1. The Balaban J connectivity index is 1.83. The molecular formula is C23H28N2O4. The maximum Gasteiger partial charge on any atom is 0.226 e. The molecule has 2 aromatic rings. The third-order valence-electron chi connectivity index (χ3n) is 5.45. The lowest BCUT2D eigenvalue weighted by Crippen LogP contribution is -2.35. The van der Waals surface area contributed by atoms with Crippen LogP contribution in [-0.2, 0) is 16.1 Å². The molecule has 1 N–H and O–H groups in total. The summed E-state index contributed by atoms with van der Waals surface area (Å²) in [5.74, 6) is 0.617. The molecule has 2 atom stereocenters. The zero-order valence-corrected chi connectivity index (χ0v) is 17.4. The fraction of sp³-hybridized carbons (Fsp3) is 0.391. The number of likely N-dealkylation sites (tertiary alicyclic amines) is 1. The summed E-state index contributed by atoms with van der Waals surface area (Å²) in [4.78, 5) is 27.4. The lowest BCUT2D eigenvalue weighted by molar-refractivity contribution is -0.129. The number of hydrogen-bond acceptors (Lipinski definition) is 4. The number of nitrogens with one attached hydrogen (secondary N) is 1. The third-order valence-corrected chi connectivity index (χ3v) is 5.45. The Morgan fingerprint density at radius 2 is 1.79 bits per heavy atom. The van der Waals surface area contributed by atoms with Gasteiger partial charge >= 0.3 is 0 Å². The van der Waals surface area contributed by atoms with Gasteiger partial charge in [-0.05, 0) is 37.1 Å². The highest BCUT2D eigenvalue weighted by Gasteiger charge is 2.43. The molecule has 3 rings (SSSR count). The Kier molecular flexibility index (Phi) is 6.42. The highest BCUT2D eigenvalue weighted by atomic mass is 16.5. The summed E-state index contributed by atoms with van der Waals surface area (Å²) in [7, 11) is 3.15. The monoisotopic (exact) mass is 396 g/mol. The summed E-state index contributed by atoms with van der Waals surface area (Å²) in [5.41, 5.74) is 3.07. The van der Waals surface area contributed by atoms with Gasteiger partial charge < -0.3 is 19.7 Å². The molecule has 0 aromatic heterocycles. The maximum absolute atomic E-state index is 13.0. The minimum Gasteiger partial charge on any atom is -0.493 e. The van der Waals surface area contributed by atoms with Crippen molar-refractivity contribution in [3.05, 3.63) is 59.2 Å². The topological polar surface area (TPSA) is 67.9 Å². The van der Waals surface area contributed by atoms with Gasteiger partial charge in [0.1, 0.15) is 0 Å². The predicted octanol–water partition coefficient (Wildman–Crippen LogP) is 3.24. The second-order valence-corrected chi connectivity index (χ2v) is 7.25. The Morgan fingerprint density at radius 1 is 1.10 bits per heavy atom. The molecule has 0 radical (unpaired) electrons. The van der Waals surface area contributed by atoms with Gasteiger partial charge in [0.2, 0.25) is 11.8 Å². The number of amides is 2. The number of nitrogens with zero attached hydrogens (tertiary/aromatic N) is 1. The van der Waals surface area contributed by atoms with Gasteiger partial charge in [0, 0.05) is 19.5 Å². The van der Waals surface area contributed by atoms with Gasteiger partial charge in [-0.15, -0.1) is 0 Å². The Bertz CT molecular complexity index is 879. The Hall–Kier alpha value is -3.02. The van der Waals surface area contributed by atoms with Crippen molar-refractivity contribution >= 4 is 11.8 Å². The second-order valence-electron chi connectivity index (χ2n) is 7.25. The molecule has 0 aliphatic carbocycles. The van der Waals surface area contributed by atoms with Gasteiger partial charge in [0.25, 0.3) is 0 Å². The summed E-state index contributed by atoms with van der Waals surface area (Å²) < 4.78 is 10.7. The number of rotatable bonds is 7. The van der Waals surface area contributed by atoms with E-state index in [0.717, 1.165) is 11.1 Å². The first-order chi connectivity index (χ1) is 14.0. The summed E-state index contributed by atoms with van der Waals surface area (Å²) in [6.45, 7) is 4.94. The standard InChI is InChI=1S/C23H28N2O4/c1-5-25-21(26)13-18(23(27)24-14-16-8-6-15(2)7-9-16)22(25)17-10-11-19(28-3)20(12-17)29-4/h6-12,18,22H,5,13-14H2,1-4H3,(H,24,27)/t18-,22+/m1/s1. The van der Waals surface area contributed by atoms with Gasteiger partial charge in [-0.2, -0.15) is 0 Å². The maximum atomic E-state index is 13.0. The molecule has 0 spiro atoms. The lowest BCUT2D eigenvalue weighted by atomic mass is 9.92. The minimum atomic E-state index is -0.453. The Labute approximate surface area is 171 Å². The van der Waals surface area contributed by atoms with Gasteiger partial charge in [-0.1, -0.05) is 35.9 Å². The van der Waals surface area contributed by atoms with Crippen LogP contribution in [0.15, 0.2) is 42.5 Å². The fourth-order valence-electron chi connectivity index (χ4n) is 3.87. The molecular weight excluding hydrogens is 368 g/mol. The molecule has 2 amide bonds. The van der Waals surface area contributed by atoms with E-state index in [1.807, 2.05) is 56.3 Å². The zero-order chi connectivity index (χ0) is 21.0. The molecule has 1 aliphatic rings. The van der Waals surface area contributed by atoms with E-state index in [0.29, 0.717) is 24.6 Å². The van der Waals surface area contributed by atoms with Crippen LogP contribution in [-0.4, -0.2) is 37.5 Å². The van der Waals surface area contributed by atoms with Crippen molar-refractivity contribution in [2.45, 2.75) is 32.9 Å². The van der Waals surface area contributed by atoms with E-state index in [-0.39, 0.29) is 24.3 Å². The molecule has 2 aromatic carbocycles. The molecule has 0 unspecified atom stereocenters. The molecule has 29 heavy (non-hydrogen) atoms. The van der Waals surface area contributed by atoms with Gasteiger partial charge in [0.05, 0.1) is 26.2 Å². The molecule has 6 nitrogen and oxygen atoms in total. The van der Waals surface area contributed by atoms with Crippen LogP contribution in [0.3, 0.4) is 0 Å². The first-order valence-electron chi connectivity index (χ1n) is 9.83. The first-order valence-corrected chi connectivity index (χ1v) is 9.83. The molecule has 6 heteroatoms. The molecule has 154 valence electrons. The highest BCUT2D eigenvalue weighted by Crippen LogP contribution is 2.41. The van der Waals surface area contributed by atoms with Crippen molar-refractivity contribution in [1.82, 2.24) is 10.2 Å². The number of ether oxygens (including phenoxy) is 2. The van der Waals surface area contributed by atoms with Crippen molar-refractivity contribution in [1.29, 1.82) is 0 Å². The fourth-order valence-corrected chi connectivity index (χ4v) is 3.87. The van der Waals surface area contributed by atoms with Gasteiger partial charge in [-0.25, -0.2) is 0 Å². The van der Waals surface area contributed by atoms with E-state index in [1.165, 1.54) is 5.56 Å². The van der Waals surface area contributed by atoms with Crippen molar-refractivity contribution in [3.8, 4) is 11.5 Å². The highest BCUT2D eigenvalue weighted by molar-refractivity contribution is 5.90. The SMILES string of the molecule is CCN1C(=O)C[C@@H](C(=O)NCc2ccc(C)cc2)[C@@H]1c1ccc(OC)c(OC)c1. The molecule has 0 saturated carbocycles. The average molecular weight is 396 g/mol. The predicted molar refractivity (Wildman–Crippen MR) is 111 cm³/mol. The second kappa shape index (κ2) is 8.99. The summed E-state index contributed by atoms with van der Waals surface area (Å²) in [6, 6.07) is 13.3. The third kappa shape index (κ3) is 4.36. The quantitative estimate of drug-likeness (QED) is 0.780. The summed E-state index contributed by atoms with van der Waals surface area (Å²) in [6.07, 6.45) is 0.201. The van der Waals surface area contributed by atoms with Crippen LogP contribution in [0.1, 0.15) is 36.1 Å². The largest absolute Gasteiger partial charge is 0.493 e. The van der Waals surface area contributed by atoms with E-state index >= 15 is 0 Å². The van der Waals surface area contributed by atoms with Crippen LogP contribution in [0.2, 0.25) is 0 Å². The number of methoxy groups -OCH3 is 2. The molecule has 1 heterocycles. The molecule has 0 bridgehead atoms. The van der Waals surface area contributed by atoms with E-state index in [4.69, 9.17) is 9.47 Å². The molecule has 1 fully saturated rings. The number of hydrogen-bond donors (Lipinski definition) is 1. The Morgan fingerprint density at radius 3 is 2.41 bits per heavy atom. The van der Waals surface area contributed by atoms with Crippen molar-refractivity contribution < 1.29 is 19.1 Å². The zero-order valence-electron chi connectivity index (χ0n) is 17.4. The van der Waals surface area contributed by atoms with Gasteiger partial charge in [-0.3, -0.25) is 9.59 Å². The number of carbonyl (C=O) groups is 2. The normalized spacial score (nSPS) is 18.6. The first kappa shape index (κ1) is 20.7. The average Bonchev–Trinajstić information content (AvgIpc) is 3.08. The van der Waals surface area contributed by atoms with Gasteiger partial charge in [0.15, 0.2) is 11.5 Å². The summed E-state index contributed by atoms with van der Waals surface area (Å²) in [5, 5.41) is 3.00. The van der Waals surface area contributed by atoms with Crippen LogP contribution in [0, 0.1) is 12.8 Å². The van der Waals surface area contributed by atoms with Crippen molar-refractivity contribution in [2.75, 3.05) is 20.8 Å². The van der Waals surface area contributed by atoms with E-state index in [2.05, 4.69) is 5.32 Å². The van der Waals surface area contributed by atoms with E-state index < -0.39 is 5.92 Å². The number of carbonyl (C=O) groups excluding carboxylic acids is 2. The van der Waals surface area contributed by atoms with Crippen LogP contribution in [0.4, 0.5) is 0 Å². The van der Waals surface area contributed by atoms with E-state index in [9.17, 15) is 9.59 Å². The van der Waals surface area contributed by atoms with E-state index in [1.54, 1.807) is 19.1 Å². The van der Waals surface area contributed by atoms with Crippen LogP contribution in [0.5, 0.6) is 11.5 Å². The number of benzene rings is 2.